The van der Waals surface area contributed by atoms with E-state index in [2.05, 4.69) is 13.5 Å². The van der Waals surface area contributed by atoms with Crippen molar-refractivity contribution in [3.63, 3.8) is 0 Å². The summed E-state index contributed by atoms with van der Waals surface area (Å²) in [5.41, 5.74) is 0. The van der Waals surface area contributed by atoms with Gasteiger partial charge in [0.15, 0.2) is 0 Å². The number of nitrogens with zero attached hydrogens (tertiary/aromatic N) is 1. The quantitative estimate of drug-likeness (QED) is 0.510. The first-order chi connectivity index (χ1) is 10.6. The average Bonchev–Trinajstić information content (AvgIpc) is 3.06. The van der Waals surface area contributed by atoms with Crippen molar-refractivity contribution in [1.29, 1.82) is 0 Å². The lowest BCUT2D eigenvalue weighted by Gasteiger charge is -2.12. The molecule has 3 atom stereocenters. The van der Waals surface area contributed by atoms with E-state index in [1.807, 2.05) is 6.08 Å². The average molecular weight is 307 g/mol. The van der Waals surface area contributed by atoms with Gasteiger partial charge in [0.05, 0.1) is 6.61 Å². The van der Waals surface area contributed by atoms with Crippen LogP contribution in [0.15, 0.2) is 12.7 Å². The highest BCUT2D eigenvalue weighted by molar-refractivity contribution is 6.13. The van der Waals surface area contributed by atoms with Crippen molar-refractivity contribution in [1.82, 2.24) is 4.90 Å². The molecule has 0 radical (unpaired) electrons. The Morgan fingerprint density at radius 3 is 2.45 bits per heavy atom. The van der Waals surface area contributed by atoms with Crippen LogP contribution in [0.5, 0.6) is 0 Å². The SMILES string of the molecule is C=CCC[C@@H]1[C@H](CCCC)[C@@H]1COC(=O)N1C(=O)CCC1=O. The van der Waals surface area contributed by atoms with Crippen LogP contribution in [-0.2, 0) is 14.3 Å². The Kier molecular flexibility index (Phi) is 5.75. The maximum atomic E-state index is 11.9. The summed E-state index contributed by atoms with van der Waals surface area (Å²) in [6, 6.07) is 0. The van der Waals surface area contributed by atoms with Crippen LogP contribution in [0.25, 0.3) is 0 Å². The van der Waals surface area contributed by atoms with Gasteiger partial charge in [0.2, 0.25) is 11.8 Å². The number of allylic oxidation sites excluding steroid dienone is 1. The number of ether oxygens (including phenoxy) is 1. The second-order valence-corrected chi connectivity index (χ2v) is 6.20. The van der Waals surface area contributed by atoms with E-state index in [4.69, 9.17) is 4.74 Å². The Balaban J connectivity index is 1.81. The molecule has 5 nitrogen and oxygen atoms in total. The number of rotatable bonds is 8. The molecule has 0 aromatic carbocycles. The minimum atomic E-state index is -0.795. The van der Waals surface area contributed by atoms with Gasteiger partial charge < -0.3 is 4.74 Å². The summed E-state index contributed by atoms with van der Waals surface area (Å²) < 4.78 is 5.23. The Hall–Kier alpha value is -1.65. The van der Waals surface area contributed by atoms with E-state index in [-0.39, 0.29) is 12.8 Å². The van der Waals surface area contributed by atoms with Crippen LogP contribution < -0.4 is 0 Å². The predicted molar refractivity (Wildman–Crippen MR) is 81.9 cm³/mol. The van der Waals surface area contributed by atoms with Crippen molar-refractivity contribution in [2.24, 2.45) is 17.8 Å². The van der Waals surface area contributed by atoms with Crippen molar-refractivity contribution in [3.8, 4) is 0 Å². The molecule has 1 saturated heterocycles. The van der Waals surface area contributed by atoms with Crippen LogP contribution in [-0.4, -0.2) is 29.4 Å². The van der Waals surface area contributed by atoms with Gasteiger partial charge in [-0.05, 0) is 37.0 Å². The largest absolute Gasteiger partial charge is 0.448 e. The van der Waals surface area contributed by atoms with Crippen LogP contribution in [0.3, 0.4) is 0 Å². The number of hydrogen-bond donors (Lipinski definition) is 0. The monoisotopic (exact) mass is 307 g/mol. The van der Waals surface area contributed by atoms with Crippen molar-refractivity contribution in [3.05, 3.63) is 12.7 Å². The number of hydrogen-bond acceptors (Lipinski definition) is 4. The maximum Gasteiger partial charge on any atom is 0.423 e. The number of likely N-dealkylation sites (tertiary alicyclic amines) is 1. The molecule has 2 fully saturated rings. The lowest BCUT2D eigenvalue weighted by atomic mass is 10.1. The molecule has 0 aromatic heterocycles. The molecule has 0 N–H and O–H groups in total. The molecule has 22 heavy (non-hydrogen) atoms. The fourth-order valence-corrected chi connectivity index (χ4v) is 3.39. The summed E-state index contributed by atoms with van der Waals surface area (Å²) in [6.07, 6.45) is 6.88. The zero-order valence-electron chi connectivity index (χ0n) is 13.3. The number of amides is 3. The van der Waals surface area contributed by atoms with E-state index >= 15 is 0 Å². The smallest absolute Gasteiger partial charge is 0.423 e. The molecule has 1 saturated carbocycles. The third-order valence-electron chi connectivity index (χ3n) is 4.74. The summed E-state index contributed by atoms with van der Waals surface area (Å²) in [5, 5.41) is 0. The first kappa shape index (κ1) is 16.7. The fourth-order valence-electron chi connectivity index (χ4n) is 3.39. The second-order valence-electron chi connectivity index (χ2n) is 6.20. The van der Waals surface area contributed by atoms with Gasteiger partial charge in [-0.3, -0.25) is 9.59 Å². The van der Waals surface area contributed by atoms with E-state index in [1.165, 1.54) is 6.42 Å². The summed E-state index contributed by atoms with van der Waals surface area (Å²) in [6.45, 7) is 6.23. The summed E-state index contributed by atoms with van der Waals surface area (Å²) >= 11 is 0. The van der Waals surface area contributed by atoms with Crippen LogP contribution >= 0.6 is 0 Å². The molecule has 5 heteroatoms. The lowest BCUT2D eigenvalue weighted by Crippen LogP contribution is -2.36. The molecule has 1 aliphatic heterocycles. The van der Waals surface area contributed by atoms with E-state index in [9.17, 15) is 14.4 Å². The van der Waals surface area contributed by atoms with Gasteiger partial charge in [-0.2, -0.15) is 4.90 Å². The summed E-state index contributed by atoms with van der Waals surface area (Å²) in [4.78, 5) is 35.5. The van der Waals surface area contributed by atoms with Gasteiger partial charge in [0, 0.05) is 12.8 Å². The zero-order chi connectivity index (χ0) is 16.1. The van der Waals surface area contributed by atoms with Gasteiger partial charge >= 0.3 is 6.09 Å². The van der Waals surface area contributed by atoms with E-state index in [0.717, 1.165) is 25.7 Å². The van der Waals surface area contributed by atoms with E-state index < -0.39 is 17.9 Å². The minimum absolute atomic E-state index is 0.110. The van der Waals surface area contributed by atoms with Crippen molar-refractivity contribution < 1.29 is 19.1 Å². The first-order valence-corrected chi connectivity index (χ1v) is 8.23. The van der Waals surface area contributed by atoms with Crippen molar-refractivity contribution in [2.45, 2.75) is 51.9 Å². The lowest BCUT2D eigenvalue weighted by molar-refractivity contribution is -0.136. The van der Waals surface area contributed by atoms with Gasteiger partial charge in [-0.1, -0.05) is 25.8 Å². The molecule has 0 spiro atoms. The van der Waals surface area contributed by atoms with Gasteiger partial charge in [0.25, 0.3) is 0 Å². The standard InChI is InChI=1S/C17H25NO4/c1-3-5-7-12-13(8-6-4-2)14(12)11-22-17(21)18-15(19)9-10-16(18)20/h3,12-14H,1,4-11H2,2H3/t12-,13+,14-/m1/s1. The molecular formula is C17H25NO4. The predicted octanol–water partition coefficient (Wildman–Crippen LogP) is 3.29. The molecule has 0 aromatic rings. The number of carbonyl (C=O) groups excluding carboxylic acids is 3. The molecule has 2 rings (SSSR count). The first-order valence-electron chi connectivity index (χ1n) is 8.23. The molecule has 2 aliphatic rings. The van der Waals surface area contributed by atoms with Crippen LogP contribution in [0.4, 0.5) is 4.79 Å². The molecule has 122 valence electrons. The molecule has 0 bridgehead atoms. The molecular weight excluding hydrogens is 282 g/mol. The molecule has 0 unspecified atom stereocenters. The Labute approximate surface area is 131 Å². The number of carbonyl (C=O) groups is 3. The third-order valence-corrected chi connectivity index (χ3v) is 4.74. The summed E-state index contributed by atoms with van der Waals surface area (Å²) in [7, 11) is 0. The normalized spacial score (nSPS) is 27.1. The van der Waals surface area contributed by atoms with Crippen LogP contribution in [0.1, 0.15) is 51.9 Å². The Morgan fingerprint density at radius 1 is 1.23 bits per heavy atom. The van der Waals surface area contributed by atoms with Crippen LogP contribution in [0.2, 0.25) is 0 Å². The molecule has 1 aliphatic carbocycles. The van der Waals surface area contributed by atoms with Crippen molar-refractivity contribution in [2.75, 3.05) is 6.61 Å². The zero-order valence-corrected chi connectivity index (χ0v) is 13.3. The highest BCUT2D eigenvalue weighted by Crippen LogP contribution is 2.52. The van der Waals surface area contributed by atoms with Crippen LogP contribution in [0, 0.1) is 17.8 Å². The highest BCUT2D eigenvalue weighted by Gasteiger charge is 2.49. The second kappa shape index (κ2) is 7.56. The molecule has 3 amide bonds. The van der Waals surface area contributed by atoms with Crippen molar-refractivity contribution >= 4 is 17.9 Å². The highest BCUT2D eigenvalue weighted by atomic mass is 16.6. The van der Waals surface area contributed by atoms with Gasteiger partial charge in [-0.15, -0.1) is 6.58 Å². The summed E-state index contributed by atoms with van der Waals surface area (Å²) in [5.74, 6) is 0.636. The number of imide groups is 3. The fraction of sp³-hybridized carbons (Fsp3) is 0.706. The topological polar surface area (TPSA) is 63.7 Å². The third kappa shape index (κ3) is 3.76. The molecule has 1 heterocycles. The number of unbranched alkanes of at least 4 members (excludes halogenated alkanes) is 1. The van der Waals surface area contributed by atoms with E-state index in [0.29, 0.717) is 29.3 Å². The minimum Gasteiger partial charge on any atom is -0.448 e. The van der Waals surface area contributed by atoms with E-state index in [1.54, 1.807) is 0 Å². The Morgan fingerprint density at radius 2 is 1.86 bits per heavy atom. The van der Waals surface area contributed by atoms with Gasteiger partial charge in [0.1, 0.15) is 0 Å². The van der Waals surface area contributed by atoms with Gasteiger partial charge in [-0.25, -0.2) is 4.79 Å². The maximum absolute atomic E-state index is 11.9. The Bertz CT molecular complexity index is 444.